The maximum Gasteiger partial charge on any atom is 0.330 e. The average molecular weight is 292 g/mol. The van der Waals surface area contributed by atoms with Gasteiger partial charge in [0.2, 0.25) is 0 Å². The van der Waals surface area contributed by atoms with E-state index in [-0.39, 0.29) is 17.8 Å². The lowest BCUT2D eigenvalue weighted by atomic mass is 9.98. The fourth-order valence-electron chi connectivity index (χ4n) is 1.90. The smallest absolute Gasteiger partial charge is 0.330 e. The van der Waals surface area contributed by atoms with Crippen LogP contribution in [0.1, 0.15) is 40.5 Å². The van der Waals surface area contributed by atoms with Gasteiger partial charge in [-0.05, 0) is 63.3 Å². The van der Waals surface area contributed by atoms with Crippen molar-refractivity contribution in [1.29, 1.82) is 0 Å². The number of ether oxygens (including phenoxy) is 1. The predicted molar refractivity (Wildman–Crippen MR) is 81.6 cm³/mol. The number of esters is 1. The first-order chi connectivity index (χ1) is 9.71. The summed E-state index contributed by atoms with van der Waals surface area (Å²) in [6, 6.07) is 0. The SMILES string of the molecule is C/C1=C/CC[C@H](C)[C@@H](C)OC(=O)/C=C\[C@](C)(O)/C=C\C1=O. The molecule has 4 heteroatoms. The van der Waals surface area contributed by atoms with Gasteiger partial charge >= 0.3 is 5.97 Å². The molecule has 0 amide bonds. The van der Waals surface area contributed by atoms with Crippen LogP contribution in [0, 0.1) is 5.92 Å². The third-order valence-corrected chi connectivity index (χ3v) is 3.69. The van der Waals surface area contributed by atoms with E-state index in [9.17, 15) is 14.7 Å². The number of hydrogen-bond acceptors (Lipinski definition) is 4. The number of rotatable bonds is 0. The standard InChI is InChI=1S/C17H24O4/c1-12-6-5-7-13(2)15(18)8-10-17(4,20)11-9-16(19)21-14(12)3/h7-12,14,20H,5-6H2,1-4H3/b10-8-,11-9-,13-7-/t12-,14+,17+/m0/s1. The van der Waals surface area contributed by atoms with Crippen LogP contribution in [0.5, 0.6) is 0 Å². The summed E-state index contributed by atoms with van der Waals surface area (Å²) in [6.45, 7) is 7.12. The molecule has 1 N–H and O–H groups in total. The van der Waals surface area contributed by atoms with Crippen molar-refractivity contribution in [1.82, 2.24) is 0 Å². The molecular weight excluding hydrogens is 268 g/mol. The highest BCUT2D eigenvalue weighted by Crippen LogP contribution is 2.17. The molecule has 0 radical (unpaired) electrons. The van der Waals surface area contributed by atoms with Crippen molar-refractivity contribution in [2.75, 3.05) is 0 Å². The van der Waals surface area contributed by atoms with E-state index in [0.717, 1.165) is 12.8 Å². The fraction of sp³-hybridized carbons (Fsp3) is 0.529. The Morgan fingerprint density at radius 2 is 1.86 bits per heavy atom. The summed E-state index contributed by atoms with van der Waals surface area (Å²) in [6.07, 6.45) is 8.48. The van der Waals surface area contributed by atoms with Gasteiger partial charge in [-0.3, -0.25) is 4.79 Å². The van der Waals surface area contributed by atoms with E-state index in [1.165, 1.54) is 31.2 Å². The number of aliphatic hydroxyl groups is 1. The zero-order valence-electron chi connectivity index (χ0n) is 13.1. The molecule has 116 valence electrons. The molecular formula is C17H24O4. The zero-order chi connectivity index (χ0) is 16.0. The first kappa shape index (κ1) is 17.4. The normalized spacial score (nSPS) is 37.9. The van der Waals surface area contributed by atoms with E-state index in [1.807, 2.05) is 19.9 Å². The molecule has 0 saturated heterocycles. The average Bonchev–Trinajstić information content (AvgIpc) is 2.41. The molecule has 0 saturated carbocycles. The Morgan fingerprint density at radius 1 is 1.24 bits per heavy atom. The molecule has 0 bridgehead atoms. The van der Waals surface area contributed by atoms with Gasteiger partial charge in [0.1, 0.15) is 6.10 Å². The van der Waals surface area contributed by atoms with Gasteiger partial charge in [-0.15, -0.1) is 0 Å². The second-order valence-corrected chi connectivity index (χ2v) is 5.84. The predicted octanol–water partition coefficient (Wildman–Crippen LogP) is 2.73. The van der Waals surface area contributed by atoms with Crippen LogP contribution < -0.4 is 0 Å². The molecule has 0 fully saturated rings. The highest BCUT2D eigenvalue weighted by Gasteiger charge is 2.18. The number of carbonyl (C=O) groups excluding carboxylic acids is 2. The van der Waals surface area contributed by atoms with Gasteiger partial charge in [0.05, 0.1) is 5.60 Å². The van der Waals surface area contributed by atoms with E-state index in [4.69, 9.17) is 4.74 Å². The molecule has 21 heavy (non-hydrogen) atoms. The van der Waals surface area contributed by atoms with Crippen molar-refractivity contribution in [3.8, 4) is 0 Å². The van der Waals surface area contributed by atoms with E-state index >= 15 is 0 Å². The molecule has 0 aromatic carbocycles. The first-order valence-electron chi connectivity index (χ1n) is 7.24. The number of carbonyl (C=O) groups is 2. The van der Waals surface area contributed by atoms with E-state index in [0.29, 0.717) is 5.57 Å². The topological polar surface area (TPSA) is 63.6 Å². The van der Waals surface area contributed by atoms with Crippen LogP contribution in [-0.2, 0) is 14.3 Å². The van der Waals surface area contributed by atoms with Crippen LogP contribution in [0.25, 0.3) is 0 Å². The van der Waals surface area contributed by atoms with Gasteiger partial charge in [-0.25, -0.2) is 4.79 Å². The van der Waals surface area contributed by atoms with Crippen LogP contribution in [0.3, 0.4) is 0 Å². The Labute approximate surface area is 126 Å². The molecule has 0 aromatic rings. The maximum absolute atomic E-state index is 11.9. The van der Waals surface area contributed by atoms with Crippen LogP contribution in [0.4, 0.5) is 0 Å². The van der Waals surface area contributed by atoms with E-state index in [1.54, 1.807) is 6.92 Å². The quantitative estimate of drug-likeness (QED) is 0.697. The highest BCUT2D eigenvalue weighted by atomic mass is 16.5. The monoisotopic (exact) mass is 292 g/mol. The van der Waals surface area contributed by atoms with Crippen LogP contribution in [0.15, 0.2) is 36.0 Å². The molecule has 0 spiro atoms. The zero-order valence-corrected chi connectivity index (χ0v) is 13.1. The van der Waals surface area contributed by atoms with Gasteiger partial charge in [0.15, 0.2) is 5.78 Å². The second-order valence-electron chi connectivity index (χ2n) is 5.84. The minimum Gasteiger partial charge on any atom is -0.459 e. The Balaban J connectivity index is 3.01. The van der Waals surface area contributed by atoms with Crippen molar-refractivity contribution in [3.05, 3.63) is 36.0 Å². The van der Waals surface area contributed by atoms with E-state index in [2.05, 4.69) is 0 Å². The summed E-state index contributed by atoms with van der Waals surface area (Å²) in [7, 11) is 0. The number of allylic oxidation sites excluding steroid dienone is 3. The minimum absolute atomic E-state index is 0.135. The molecule has 4 nitrogen and oxygen atoms in total. The number of ketones is 1. The Morgan fingerprint density at radius 3 is 2.52 bits per heavy atom. The molecule has 1 aliphatic heterocycles. The van der Waals surface area contributed by atoms with E-state index < -0.39 is 11.6 Å². The Hall–Kier alpha value is -1.68. The maximum atomic E-state index is 11.9. The fourth-order valence-corrected chi connectivity index (χ4v) is 1.90. The van der Waals surface area contributed by atoms with Crippen molar-refractivity contribution >= 4 is 11.8 Å². The lowest BCUT2D eigenvalue weighted by molar-refractivity contribution is -0.144. The summed E-state index contributed by atoms with van der Waals surface area (Å²) in [4.78, 5) is 23.6. The van der Waals surface area contributed by atoms with Gasteiger partial charge in [0, 0.05) is 6.08 Å². The van der Waals surface area contributed by atoms with Crippen molar-refractivity contribution in [2.45, 2.75) is 52.2 Å². The molecule has 3 atom stereocenters. The number of hydrogen-bond donors (Lipinski definition) is 1. The summed E-state index contributed by atoms with van der Waals surface area (Å²) < 4.78 is 5.30. The minimum atomic E-state index is -1.37. The third kappa shape index (κ3) is 6.08. The first-order valence-corrected chi connectivity index (χ1v) is 7.24. The lowest BCUT2D eigenvalue weighted by Gasteiger charge is -2.20. The largest absolute Gasteiger partial charge is 0.459 e. The molecule has 0 unspecified atom stereocenters. The molecule has 1 rings (SSSR count). The highest BCUT2D eigenvalue weighted by molar-refractivity contribution is 6.03. The van der Waals surface area contributed by atoms with Gasteiger partial charge < -0.3 is 9.84 Å². The molecule has 1 aliphatic rings. The second kappa shape index (κ2) is 7.36. The van der Waals surface area contributed by atoms with Gasteiger partial charge in [-0.1, -0.05) is 13.0 Å². The van der Waals surface area contributed by atoms with Crippen LogP contribution in [-0.4, -0.2) is 28.6 Å². The summed E-state index contributed by atoms with van der Waals surface area (Å²) in [5.41, 5.74) is -0.714. The van der Waals surface area contributed by atoms with Crippen LogP contribution >= 0.6 is 0 Å². The number of cyclic esters (lactones) is 1. The van der Waals surface area contributed by atoms with Gasteiger partial charge in [-0.2, -0.15) is 0 Å². The molecule has 1 heterocycles. The van der Waals surface area contributed by atoms with Crippen molar-refractivity contribution in [2.24, 2.45) is 5.92 Å². The Kier molecular flexibility index (Phi) is 6.09. The summed E-state index contributed by atoms with van der Waals surface area (Å²) in [5, 5.41) is 10.1. The van der Waals surface area contributed by atoms with Gasteiger partial charge in [0.25, 0.3) is 0 Å². The summed E-state index contributed by atoms with van der Waals surface area (Å²) >= 11 is 0. The third-order valence-electron chi connectivity index (χ3n) is 3.69. The van der Waals surface area contributed by atoms with Crippen molar-refractivity contribution < 1.29 is 19.4 Å². The Bertz CT molecular complexity index is 483. The lowest BCUT2D eigenvalue weighted by Crippen LogP contribution is -2.23. The molecule has 0 aromatic heterocycles. The summed E-state index contributed by atoms with van der Waals surface area (Å²) in [5.74, 6) is -0.428. The van der Waals surface area contributed by atoms with Crippen LogP contribution in [0.2, 0.25) is 0 Å². The molecule has 0 aliphatic carbocycles. The van der Waals surface area contributed by atoms with Crippen molar-refractivity contribution in [3.63, 3.8) is 0 Å².